The Labute approximate surface area is 81.8 Å². The lowest BCUT2D eigenvalue weighted by Gasteiger charge is -2.22. The van der Waals surface area contributed by atoms with Gasteiger partial charge in [0.1, 0.15) is 5.54 Å². The molecule has 1 aromatic rings. The molecule has 1 aromatic carbocycles. The van der Waals surface area contributed by atoms with Gasteiger partial charge in [0, 0.05) is 12.5 Å². The van der Waals surface area contributed by atoms with Gasteiger partial charge in [-0.2, -0.15) is 0 Å². The van der Waals surface area contributed by atoms with Crippen molar-refractivity contribution < 1.29 is 9.90 Å². The quantitative estimate of drug-likeness (QED) is 0.695. The van der Waals surface area contributed by atoms with Gasteiger partial charge < -0.3 is 5.11 Å². The highest BCUT2D eigenvalue weighted by atomic mass is 16.4. The Balaban J connectivity index is 2.05. The molecule has 14 heavy (non-hydrogen) atoms. The molecule has 0 radical (unpaired) electrons. The molecule has 2 atom stereocenters. The van der Waals surface area contributed by atoms with Gasteiger partial charge in [0.15, 0.2) is 0 Å². The molecule has 0 unspecified atom stereocenters. The van der Waals surface area contributed by atoms with Crippen LogP contribution in [0.4, 0.5) is 0 Å². The molecule has 0 amide bonds. The van der Waals surface area contributed by atoms with Crippen LogP contribution in [0.15, 0.2) is 24.3 Å². The van der Waals surface area contributed by atoms with Crippen LogP contribution in [0, 0.1) is 0 Å². The van der Waals surface area contributed by atoms with Crippen LogP contribution in [-0.4, -0.2) is 16.6 Å². The third kappa shape index (κ3) is 0.826. The molecule has 2 N–H and O–H groups in total. The molecule has 1 saturated carbocycles. The number of carbonyl (C=O) groups is 1. The first kappa shape index (κ1) is 8.00. The second kappa shape index (κ2) is 2.36. The van der Waals surface area contributed by atoms with Crippen molar-refractivity contribution in [3.8, 4) is 0 Å². The monoisotopic (exact) mass is 189 g/mol. The van der Waals surface area contributed by atoms with Gasteiger partial charge >= 0.3 is 5.97 Å². The molecule has 3 rings (SSSR count). The van der Waals surface area contributed by atoms with Gasteiger partial charge in [-0.05, 0) is 17.5 Å². The Bertz CT molecular complexity index is 416. The molecule has 0 aromatic heterocycles. The summed E-state index contributed by atoms with van der Waals surface area (Å²) in [7, 11) is 0. The van der Waals surface area contributed by atoms with Crippen molar-refractivity contribution in [2.24, 2.45) is 0 Å². The van der Waals surface area contributed by atoms with E-state index in [4.69, 9.17) is 5.11 Å². The highest BCUT2D eigenvalue weighted by Crippen LogP contribution is 2.54. The molecule has 0 bridgehead atoms. The number of carboxylic acids is 1. The zero-order valence-corrected chi connectivity index (χ0v) is 7.66. The predicted octanol–water partition coefficient (Wildman–Crippen LogP) is 1.10. The van der Waals surface area contributed by atoms with Crippen LogP contribution < -0.4 is 5.32 Å². The maximum Gasteiger partial charge on any atom is 0.324 e. The van der Waals surface area contributed by atoms with Gasteiger partial charge in [-0.25, -0.2) is 0 Å². The molecule has 3 heteroatoms. The van der Waals surface area contributed by atoms with Crippen LogP contribution >= 0.6 is 0 Å². The van der Waals surface area contributed by atoms with E-state index in [1.807, 2.05) is 18.2 Å². The van der Waals surface area contributed by atoms with E-state index in [2.05, 4.69) is 11.4 Å². The Morgan fingerprint density at radius 3 is 3.07 bits per heavy atom. The number of nitrogens with one attached hydrogen (secondary N) is 1. The summed E-state index contributed by atoms with van der Waals surface area (Å²) >= 11 is 0. The summed E-state index contributed by atoms with van der Waals surface area (Å²) in [4.78, 5) is 11.1. The van der Waals surface area contributed by atoms with Gasteiger partial charge in [-0.3, -0.25) is 10.1 Å². The predicted molar refractivity (Wildman–Crippen MR) is 51.0 cm³/mol. The minimum atomic E-state index is -0.711. The molecular formula is C11H11NO2. The third-order valence-electron chi connectivity index (χ3n) is 3.37. The zero-order chi connectivity index (χ0) is 9.76. The molecule has 72 valence electrons. The van der Waals surface area contributed by atoms with Crippen molar-refractivity contribution >= 4 is 5.97 Å². The molecule has 2 aliphatic rings. The minimum absolute atomic E-state index is 0.185. The fraction of sp³-hybridized carbons (Fsp3) is 0.364. The lowest BCUT2D eigenvalue weighted by molar-refractivity contribution is -0.141. The second-order valence-corrected chi connectivity index (χ2v) is 4.09. The first-order valence-electron chi connectivity index (χ1n) is 4.80. The maximum absolute atomic E-state index is 11.1. The van der Waals surface area contributed by atoms with Crippen molar-refractivity contribution in [3.05, 3.63) is 35.4 Å². The second-order valence-electron chi connectivity index (χ2n) is 4.09. The smallest absolute Gasteiger partial charge is 0.324 e. The van der Waals surface area contributed by atoms with Gasteiger partial charge in [0.05, 0.1) is 0 Å². The summed E-state index contributed by atoms with van der Waals surface area (Å²) < 4.78 is 0. The molecule has 1 aliphatic carbocycles. The van der Waals surface area contributed by atoms with E-state index in [1.54, 1.807) is 0 Å². The van der Waals surface area contributed by atoms with Crippen LogP contribution in [0.5, 0.6) is 0 Å². The third-order valence-corrected chi connectivity index (χ3v) is 3.37. The van der Waals surface area contributed by atoms with E-state index < -0.39 is 11.5 Å². The number of aliphatic carboxylic acids is 1. The van der Waals surface area contributed by atoms with Crippen molar-refractivity contribution in [2.75, 3.05) is 0 Å². The lowest BCUT2D eigenvalue weighted by atomic mass is 9.96. The van der Waals surface area contributed by atoms with E-state index in [9.17, 15) is 4.79 Å². The topological polar surface area (TPSA) is 49.3 Å². The Morgan fingerprint density at radius 1 is 1.50 bits per heavy atom. The molecule has 1 fully saturated rings. The normalized spacial score (nSPS) is 33.0. The van der Waals surface area contributed by atoms with E-state index in [0.717, 1.165) is 6.42 Å². The number of hydrogen-bond acceptors (Lipinski definition) is 2. The number of rotatable bonds is 1. The SMILES string of the molecule is O=C(O)[C@]12C[C@@H]1c1ccccc1CN2. The van der Waals surface area contributed by atoms with Gasteiger partial charge in [0.2, 0.25) is 0 Å². The van der Waals surface area contributed by atoms with Crippen LogP contribution in [0.3, 0.4) is 0 Å². The van der Waals surface area contributed by atoms with E-state index in [0.29, 0.717) is 6.54 Å². The average Bonchev–Trinajstić information content (AvgIpc) is 2.94. The first-order chi connectivity index (χ1) is 6.74. The van der Waals surface area contributed by atoms with E-state index in [1.165, 1.54) is 11.1 Å². The molecule has 0 saturated heterocycles. The van der Waals surface area contributed by atoms with Crippen LogP contribution in [-0.2, 0) is 11.3 Å². The Hall–Kier alpha value is -1.35. The van der Waals surface area contributed by atoms with Crippen molar-refractivity contribution in [1.29, 1.82) is 0 Å². The number of fused-ring (bicyclic) bond motifs is 3. The summed E-state index contributed by atoms with van der Waals surface area (Å²) in [6, 6.07) is 8.09. The van der Waals surface area contributed by atoms with Gasteiger partial charge in [-0.15, -0.1) is 0 Å². The Morgan fingerprint density at radius 2 is 2.29 bits per heavy atom. The van der Waals surface area contributed by atoms with Crippen molar-refractivity contribution in [3.63, 3.8) is 0 Å². The first-order valence-corrected chi connectivity index (χ1v) is 4.80. The summed E-state index contributed by atoms with van der Waals surface area (Å²) in [5, 5.41) is 12.2. The van der Waals surface area contributed by atoms with E-state index >= 15 is 0 Å². The molecule has 1 aliphatic heterocycles. The standard InChI is InChI=1S/C11H11NO2/c13-10(14)11-5-9(11)8-4-2-1-3-7(8)6-12-11/h1-4,9,12H,5-6H2,(H,13,14)/t9-,11+/m1/s1. The molecule has 0 spiro atoms. The van der Waals surface area contributed by atoms with Gasteiger partial charge in [0.25, 0.3) is 0 Å². The minimum Gasteiger partial charge on any atom is -0.480 e. The summed E-state index contributed by atoms with van der Waals surface area (Å²) in [6.07, 6.45) is 0.735. The molecule has 3 nitrogen and oxygen atoms in total. The number of benzene rings is 1. The highest BCUT2D eigenvalue weighted by Gasteiger charge is 2.63. The van der Waals surface area contributed by atoms with Crippen LogP contribution in [0.2, 0.25) is 0 Å². The lowest BCUT2D eigenvalue weighted by Crippen LogP contribution is -2.42. The Kier molecular flexibility index (Phi) is 1.35. The fourth-order valence-corrected chi connectivity index (χ4v) is 2.43. The summed E-state index contributed by atoms with van der Waals surface area (Å²) in [5.41, 5.74) is 1.81. The number of carboxylic acid groups (broad SMARTS) is 1. The zero-order valence-electron chi connectivity index (χ0n) is 7.66. The fourth-order valence-electron chi connectivity index (χ4n) is 2.43. The largest absolute Gasteiger partial charge is 0.480 e. The maximum atomic E-state index is 11.1. The van der Waals surface area contributed by atoms with Crippen molar-refractivity contribution in [1.82, 2.24) is 5.32 Å². The molecular weight excluding hydrogens is 178 g/mol. The van der Waals surface area contributed by atoms with Crippen molar-refractivity contribution in [2.45, 2.75) is 24.4 Å². The highest BCUT2D eigenvalue weighted by molar-refractivity contribution is 5.86. The molecule has 1 heterocycles. The summed E-state index contributed by atoms with van der Waals surface area (Å²) in [5.74, 6) is -0.526. The van der Waals surface area contributed by atoms with Crippen LogP contribution in [0.1, 0.15) is 23.5 Å². The summed E-state index contributed by atoms with van der Waals surface area (Å²) in [6.45, 7) is 0.680. The average molecular weight is 189 g/mol. The van der Waals surface area contributed by atoms with E-state index in [-0.39, 0.29) is 5.92 Å². The van der Waals surface area contributed by atoms with Gasteiger partial charge in [-0.1, -0.05) is 24.3 Å². The van der Waals surface area contributed by atoms with Crippen LogP contribution in [0.25, 0.3) is 0 Å². The number of hydrogen-bond donors (Lipinski definition) is 2.